The van der Waals surface area contributed by atoms with Crippen LogP contribution in [-0.4, -0.2) is 29.2 Å². The first-order chi connectivity index (χ1) is 15.1. The van der Waals surface area contributed by atoms with Crippen LogP contribution in [-0.2, 0) is 4.79 Å². The molecular weight excluding hydrogens is 412 g/mol. The Balaban J connectivity index is 1.39. The summed E-state index contributed by atoms with van der Waals surface area (Å²) >= 11 is 6.06. The van der Waals surface area contributed by atoms with E-state index < -0.39 is 0 Å². The lowest BCUT2D eigenvalue weighted by Crippen LogP contribution is -2.56. The van der Waals surface area contributed by atoms with E-state index in [0.29, 0.717) is 22.6 Å². The molecule has 2 atom stereocenters. The molecule has 0 radical (unpaired) electrons. The van der Waals surface area contributed by atoms with Crippen molar-refractivity contribution in [3.63, 3.8) is 0 Å². The van der Waals surface area contributed by atoms with Gasteiger partial charge in [0, 0.05) is 17.3 Å². The van der Waals surface area contributed by atoms with Crippen LogP contribution < -0.4 is 4.90 Å². The molecule has 2 aliphatic heterocycles. The van der Waals surface area contributed by atoms with Crippen LogP contribution in [0.3, 0.4) is 0 Å². The fourth-order valence-electron chi connectivity index (χ4n) is 4.46. The first-order valence-corrected chi connectivity index (χ1v) is 10.5. The third-order valence-corrected chi connectivity index (χ3v) is 6.25. The lowest BCUT2D eigenvalue weighted by atomic mass is 9.79. The van der Waals surface area contributed by atoms with E-state index in [1.807, 2.05) is 54.6 Å². The Kier molecular flexibility index (Phi) is 4.83. The third-order valence-electron chi connectivity index (χ3n) is 6.00. The molecule has 0 bridgehead atoms. The van der Waals surface area contributed by atoms with Crippen molar-refractivity contribution < 1.29 is 14.4 Å². The largest absolute Gasteiger partial charge is 0.304 e. The van der Waals surface area contributed by atoms with Gasteiger partial charge >= 0.3 is 0 Å². The van der Waals surface area contributed by atoms with Gasteiger partial charge in [0.15, 0.2) is 0 Å². The maximum Gasteiger partial charge on any atom is 0.261 e. The van der Waals surface area contributed by atoms with Gasteiger partial charge in [0.2, 0.25) is 5.91 Å². The number of hydrogen-bond acceptors (Lipinski definition) is 3. The number of rotatable bonds is 5. The van der Waals surface area contributed by atoms with E-state index in [-0.39, 0.29) is 36.2 Å². The normalized spacial score (nSPS) is 20.1. The highest BCUT2D eigenvalue weighted by atomic mass is 35.5. The number of β-lactam (4-membered cyclic amide) rings is 1. The van der Waals surface area contributed by atoms with Gasteiger partial charge in [-0.05, 0) is 48.4 Å². The highest BCUT2D eigenvalue weighted by Gasteiger charge is 2.49. The molecule has 0 unspecified atom stereocenters. The minimum Gasteiger partial charge on any atom is -0.304 e. The number of imide groups is 1. The Hall–Kier alpha value is -3.44. The predicted octanol–water partition coefficient (Wildman–Crippen LogP) is 4.73. The monoisotopic (exact) mass is 430 g/mol. The number of amides is 3. The van der Waals surface area contributed by atoms with E-state index in [9.17, 15) is 14.4 Å². The summed E-state index contributed by atoms with van der Waals surface area (Å²) in [5.41, 5.74) is 2.64. The highest BCUT2D eigenvalue weighted by molar-refractivity contribution is 6.30. The Morgan fingerprint density at radius 2 is 1.32 bits per heavy atom. The van der Waals surface area contributed by atoms with E-state index in [1.54, 1.807) is 29.2 Å². The Labute approximate surface area is 184 Å². The van der Waals surface area contributed by atoms with Gasteiger partial charge in [-0.1, -0.05) is 54.1 Å². The van der Waals surface area contributed by atoms with Gasteiger partial charge in [-0.15, -0.1) is 0 Å². The number of anilines is 1. The predicted molar refractivity (Wildman–Crippen MR) is 118 cm³/mol. The van der Waals surface area contributed by atoms with E-state index in [0.717, 1.165) is 11.3 Å². The number of carbonyl (C=O) groups excluding carboxylic acids is 3. The van der Waals surface area contributed by atoms with Crippen LogP contribution in [0.4, 0.5) is 5.69 Å². The number of hydrogen-bond donors (Lipinski definition) is 0. The molecule has 5 nitrogen and oxygen atoms in total. The summed E-state index contributed by atoms with van der Waals surface area (Å²) in [4.78, 5) is 41.5. The summed E-state index contributed by atoms with van der Waals surface area (Å²) < 4.78 is 0. The molecule has 2 aliphatic rings. The molecule has 0 saturated carbocycles. The van der Waals surface area contributed by atoms with Crippen molar-refractivity contribution in [2.45, 2.75) is 12.5 Å². The molecule has 6 heteroatoms. The zero-order valence-corrected chi connectivity index (χ0v) is 17.3. The Morgan fingerprint density at radius 1 is 0.742 bits per heavy atom. The van der Waals surface area contributed by atoms with Crippen LogP contribution in [0.15, 0.2) is 78.9 Å². The standard InChI is InChI=1S/C25H19ClN2O3/c26-17-12-10-16(11-13-17)22-21(25(31)28(22)18-6-2-1-3-7-18)14-15-27-23(29)19-8-4-5-9-20(19)24(27)30/h1-13,21-22H,14-15H2/t21-,22-/m1/s1. The van der Waals surface area contributed by atoms with Crippen LogP contribution in [0.2, 0.25) is 5.02 Å². The van der Waals surface area contributed by atoms with E-state index in [2.05, 4.69) is 0 Å². The van der Waals surface area contributed by atoms with Crippen LogP contribution >= 0.6 is 11.6 Å². The van der Waals surface area contributed by atoms with Gasteiger partial charge in [0.1, 0.15) is 0 Å². The highest BCUT2D eigenvalue weighted by Crippen LogP contribution is 2.45. The number of carbonyl (C=O) groups is 3. The van der Waals surface area contributed by atoms with E-state index >= 15 is 0 Å². The van der Waals surface area contributed by atoms with Gasteiger partial charge in [-0.25, -0.2) is 0 Å². The fourth-order valence-corrected chi connectivity index (χ4v) is 4.58. The van der Waals surface area contributed by atoms with E-state index in [4.69, 9.17) is 11.6 Å². The van der Waals surface area contributed by atoms with Crippen molar-refractivity contribution in [3.8, 4) is 0 Å². The van der Waals surface area contributed by atoms with Crippen LogP contribution in [0.1, 0.15) is 38.7 Å². The minimum atomic E-state index is -0.328. The molecule has 0 aliphatic carbocycles. The zero-order valence-electron chi connectivity index (χ0n) is 16.6. The first-order valence-electron chi connectivity index (χ1n) is 10.1. The second-order valence-electron chi connectivity index (χ2n) is 7.74. The molecule has 31 heavy (non-hydrogen) atoms. The number of fused-ring (bicyclic) bond motifs is 1. The van der Waals surface area contributed by atoms with Gasteiger partial charge in [0.05, 0.1) is 23.1 Å². The lowest BCUT2D eigenvalue weighted by Gasteiger charge is -2.48. The molecule has 154 valence electrons. The topological polar surface area (TPSA) is 57.7 Å². The van der Waals surface area contributed by atoms with Gasteiger partial charge in [0.25, 0.3) is 11.8 Å². The molecule has 0 N–H and O–H groups in total. The zero-order chi connectivity index (χ0) is 21.5. The summed E-state index contributed by atoms with van der Waals surface area (Å²) in [6.45, 7) is 0.204. The third kappa shape index (κ3) is 3.22. The number of benzene rings is 3. The van der Waals surface area contributed by atoms with Crippen LogP contribution in [0.25, 0.3) is 0 Å². The van der Waals surface area contributed by atoms with Crippen molar-refractivity contribution >= 4 is 35.0 Å². The van der Waals surface area contributed by atoms with Crippen molar-refractivity contribution in [2.24, 2.45) is 5.92 Å². The molecule has 3 amide bonds. The molecule has 3 aromatic rings. The van der Waals surface area contributed by atoms with Gasteiger partial charge in [-0.2, -0.15) is 0 Å². The first kappa shape index (κ1) is 19.5. The summed E-state index contributed by atoms with van der Waals surface area (Å²) in [6, 6.07) is 23.6. The number of halogens is 1. The lowest BCUT2D eigenvalue weighted by molar-refractivity contribution is -0.130. The second kappa shape index (κ2) is 7.67. The number of para-hydroxylation sites is 1. The maximum atomic E-state index is 13.1. The maximum absolute atomic E-state index is 13.1. The molecular formula is C25H19ClN2O3. The van der Waals surface area contributed by atoms with E-state index in [1.165, 1.54) is 4.90 Å². The Morgan fingerprint density at radius 3 is 1.94 bits per heavy atom. The molecule has 5 rings (SSSR count). The Bertz CT molecular complexity index is 1140. The molecule has 0 spiro atoms. The van der Waals surface area contributed by atoms with Gasteiger partial charge in [-0.3, -0.25) is 19.3 Å². The average molecular weight is 431 g/mol. The molecule has 1 saturated heterocycles. The van der Waals surface area contributed by atoms with Gasteiger partial charge < -0.3 is 4.90 Å². The van der Waals surface area contributed by atoms with Crippen LogP contribution in [0, 0.1) is 5.92 Å². The quantitative estimate of drug-likeness (QED) is 0.434. The summed E-state index contributed by atoms with van der Waals surface area (Å²) in [6.07, 6.45) is 0.404. The average Bonchev–Trinajstić information content (AvgIpc) is 3.04. The van der Waals surface area contributed by atoms with Crippen molar-refractivity contribution in [1.29, 1.82) is 0 Å². The molecule has 1 fully saturated rings. The summed E-state index contributed by atoms with van der Waals surface area (Å²) in [5, 5.41) is 0.628. The van der Waals surface area contributed by atoms with Crippen LogP contribution in [0.5, 0.6) is 0 Å². The number of nitrogens with zero attached hydrogens (tertiary/aromatic N) is 2. The van der Waals surface area contributed by atoms with Crippen molar-refractivity contribution in [1.82, 2.24) is 4.90 Å². The summed E-state index contributed by atoms with van der Waals surface area (Å²) in [5.74, 6) is -0.931. The molecule has 0 aromatic heterocycles. The second-order valence-corrected chi connectivity index (χ2v) is 8.18. The molecule has 2 heterocycles. The fraction of sp³-hybridized carbons (Fsp3) is 0.160. The smallest absolute Gasteiger partial charge is 0.261 e. The SMILES string of the molecule is O=C1c2ccccc2C(=O)N1CC[C@H]1C(=O)N(c2ccccc2)[C@@H]1c1ccc(Cl)cc1. The minimum absolute atomic E-state index is 0.0113. The van der Waals surface area contributed by atoms with Crippen molar-refractivity contribution in [2.75, 3.05) is 11.4 Å². The summed E-state index contributed by atoms with van der Waals surface area (Å²) in [7, 11) is 0. The van der Waals surface area contributed by atoms with Crippen molar-refractivity contribution in [3.05, 3.63) is 101 Å². The molecule has 3 aromatic carbocycles.